The number of rotatable bonds is 3. The SMILES string of the molecule is CSC1=NC(C)(c2ccccc2)C(O)N1Nc1ccccc1. The summed E-state index contributed by atoms with van der Waals surface area (Å²) in [6.07, 6.45) is 1.18. The van der Waals surface area contributed by atoms with E-state index in [0.717, 1.165) is 16.4 Å². The van der Waals surface area contributed by atoms with Crippen LogP contribution in [0.5, 0.6) is 0 Å². The Morgan fingerprint density at radius 2 is 1.68 bits per heavy atom. The van der Waals surface area contributed by atoms with Crippen LogP contribution in [0.1, 0.15) is 12.5 Å². The number of para-hydroxylation sites is 1. The third-order valence-corrected chi connectivity index (χ3v) is 4.50. The smallest absolute Gasteiger partial charge is 0.181 e. The normalized spacial score (nSPS) is 24.2. The average Bonchev–Trinajstić information content (AvgIpc) is 2.82. The van der Waals surface area contributed by atoms with E-state index in [1.165, 1.54) is 11.8 Å². The van der Waals surface area contributed by atoms with Crippen molar-refractivity contribution < 1.29 is 5.11 Å². The Balaban J connectivity index is 1.92. The molecule has 2 atom stereocenters. The van der Waals surface area contributed by atoms with E-state index in [1.807, 2.05) is 73.8 Å². The number of hydrogen-bond donors (Lipinski definition) is 2. The van der Waals surface area contributed by atoms with Gasteiger partial charge in [-0.15, -0.1) is 0 Å². The van der Waals surface area contributed by atoms with E-state index in [0.29, 0.717) is 0 Å². The fourth-order valence-electron chi connectivity index (χ4n) is 2.56. The molecular weight excluding hydrogens is 294 g/mol. The number of amidine groups is 1. The molecule has 0 fully saturated rings. The second kappa shape index (κ2) is 6.02. The van der Waals surface area contributed by atoms with Gasteiger partial charge in [0.15, 0.2) is 11.4 Å². The second-order valence-corrected chi connectivity index (χ2v) is 6.11. The number of nitrogens with zero attached hydrogens (tertiary/aromatic N) is 2. The number of aliphatic hydroxyl groups excluding tert-OH is 1. The minimum Gasteiger partial charge on any atom is -0.369 e. The van der Waals surface area contributed by atoms with Gasteiger partial charge in [-0.2, -0.15) is 0 Å². The van der Waals surface area contributed by atoms with Gasteiger partial charge in [-0.25, -0.2) is 10.0 Å². The number of thioether (sulfide) groups is 1. The number of aliphatic imine (C=N–C) groups is 1. The molecule has 0 saturated heterocycles. The molecule has 0 aromatic heterocycles. The molecule has 2 aromatic carbocycles. The Hall–Kier alpha value is -1.98. The first-order chi connectivity index (χ1) is 10.6. The third-order valence-electron chi connectivity index (χ3n) is 3.85. The summed E-state index contributed by atoms with van der Waals surface area (Å²) in [6, 6.07) is 19.7. The predicted molar refractivity (Wildman–Crippen MR) is 92.7 cm³/mol. The van der Waals surface area contributed by atoms with Gasteiger partial charge in [0.05, 0.1) is 5.69 Å². The molecule has 5 heteroatoms. The van der Waals surface area contributed by atoms with Crippen molar-refractivity contribution in [2.45, 2.75) is 18.7 Å². The largest absolute Gasteiger partial charge is 0.369 e. The van der Waals surface area contributed by atoms with E-state index >= 15 is 0 Å². The van der Waals surface area contributed by atoms with Crippen LogP contribution in [-0.2, 0) is 5.54 Å². The van der Waals surface area contributed by atoms with Gasteiger partial charge in [0, 0.05) is 0 Å². The summed E-state index contributed by atoms with van der Waals surface area (Å²) in [4.78, 5) is 4.76. The Bertz CT molecular complexity index is 662. The van der Waals surface area contributed by atoms with Crippen molar-refractivity contribution in [1.29, 1.82) is 0 Å². The van der Waals surface area contributed by atoms with Crippen molar-refractivity contribution in [2.75, 3.05) is 11.7 Å². The maximum absolute atomic E-state index is 10.9. The standard InChI is InChI=1S/C17H19N3OS/c1-17(13-9-5-3-6-10-13)15(21)20(16(18-17)22-2)19-14-11-7-4-8-12-14/h3-12,15,19,21H,1-2H3. The molecule has 0 aliphatic carbocycles. The van der Waals surface area contributed by atoms with Gasteiger partial charge in [0.1, 0.15) is 5.54 Å². The highest BCUT2D eigenvalue weighted by molar-refractivity contribution is 8.13. The second-order valence-electron chi connectivity index (χ2n) is 5.33. The number of hydrogen-bond acceptors (Lipinski definition) is 5. The zero-order chi connectivity index (χ0) is 15.6. The summed E-state index contributed by atoms with van der Waals surface area (Å²) in [5.41, 5.74) is 4.46. The number of nitrogens with one attached hydrogen (secondary N) is 1. The summed E-state index contributed by atoms with van der Waals surface area (Å²) in [6.45, 7) is 1.95. The van der Waals surface area contributed by atoms with E-state index in [1.54, 1.807) is 5.01 Å². The van der Waals surface area contributed by atoms with Crippen molar-refractivity contribution in [3.63, 3.8) is 0 Å². The molecule has 1 heterocycles. The van der Waals surface area contributed by atoms with Crippen molar-refractivity contribution in [3.05, 3.63) is 66.2 Å². The van der Waals surface area contributed by atoms with Crippen molar-refractivity contribution >= 4 is 22.6 Å². The number of anilines is 1. The lowest BCUT2D eigenvalue weighted by atomic mass is 9.91. The molecule has 114 valence electrons. The van der Waals surface area contributed by atoms with Crippen LogP contribution in [-0.4, -0.2) is 27.8 Å². The number of aliphatic hydroxyl groups is 1. The minimum atomic E-state index is -0.780. The van der Waals surface area contributed by atoms with Gasteiger partial charge < -0.3 is 5.11 Å². The fourth-order valence-corrected chi connectivity index (χ4v) is 3.18. The molecule has 3 rings (SSSR count). The van der Waals surface area contributed by atoms with Crippen LogP contribution < -0.4 is 5.43 Å². The highest BCUT2D eigenvalue weighted by atomic mass is 32.2. The van der Waals surface area contributed by atoms with Crippen LogP contribution in [0.15, 0.2) is 65.7 Å². The van der Waals surface area contributed by atoms with Gasteiger partial charge in [0.25, 0.3) is 0 Å². The number of benzene rings is 2. The van der Waals surface area contributed by atoms with E-state index in [9.17, 15) is 5.11 Å². The van der Waals surface area contributed by atoms with Gasteiger partial charge in [-0.05, 0) is 30.9 Å². The maximum Gasteiger partial charge on any atom is 0.181 e. The molecule has 0 spiro atoms. The predicted octanol–water partition coefficient (Wildman–Crippen LogP) is 3.28. The van der Waals surface area contributed by atoms with Crippen molar-refractivity contribution in [2.24, 2.45) is 4.99 Å². The zero-order valence-electron chi connectivity index (χ0n) is 12.6. The van der Waals surface area contributed by atoms with Crippen LogP contribution in [0, 0.1) is 0 Å². The van der Waals surface area contributed by atoms with Gasteiger partial charge in [0.2, 0.25) is 0 Å². The highest BCUT2D eigenvalue weighted by Crippen LogP contribution is 2.38. The zero-order valence-corrected chi connectivity index (χ0v) is 13.4. The van der Waals surface area contributed by atoms with Crippen LogP contribution in [0.4, 0.5) is 5.69 Å². The Morgan fingerprint density at radius 3 is 2.27 bits per heavy atom. The van der Waals surface area contributed by atoms with Gasteiger partial charge in [-0.3, -0.25) is 5.43 Å². The molecule has 0 bridgehead atoms. The average molecular weight is 313 g/mol. The molecule has 4 nitrogen and oxygen atoms in total. The molecular formula is C17H19N3OS. The Morgan fingerprint density at radius 1 is 1.09 bits per heavy atom. The van der Waals surface area contributed by atoms with Crippen LogP contribution in [0.3, 0.4) is 0 Å². The molecule has 22 heavy (non-hydrogen) atoms. The molecule has 2 unspecified atom stereocenters. The van der Waals surface area contributed by atoms with E-state index in [4.69, 9.17) is 4.99 Å². The van der Waals surface area contributed by atoms with E-state index in [-0.39, 0.29) is 0 Å². The summed E-state index contributed by atoms with van der Waals surface area (Å²) in [5.74, 6) is 0. The molecule has 0 radical (unpaired) electrons. The van der Waals surface area contributed by atoms with Crippen molar-refractivity contribution in [1.82, 2.24) is 5.01 Å². The summed E-state index contributed by atoms with van der Waals surface area (Å²) < 4.78 is 0. The topological polar surface area (TPSA) is 47.9 Å². The Labute approximate surface area is 134 Å². The first kappa shape index (κ1) is 14.9. The minimum absolute atomic E-state index is 0.693. The maximum atomic E-state index is 10.9. The first-order valence-electron chi connectivity index (χ1n) is 7.13. The van der Waals surface area contributed by atoms with Crippen LogP contribution in [0.25, 0.3) is 0 Å². The van der Waals surface area contributed by atoms with Crippen LogP contribution >= 0.6 is 11.8 Å². The molecule has 0 saturated carbocycles. The fraction of sp³-hybridized carbons (Fsp3) is 0.235. The lowest BCUT2D eigenvalue weighted by molar-refractivity contribution is 0.0231. The van der Waals surface area contributed by atoms with Gasteiger partial charge in [-0.1, -0.05) is 60.3 Å². The highest BCUT2D eigenvalue weighted by Gasteiger charge is 2.46. The van der Waals surface area contributed by atoms with Gasteiger partial charge >= 0.3 is 0 Å². The lowest BCUT2D eigenvalue weighted by Crippen LogP contribution is -2.46. The van der Waals surface area contributed by atoms with E-state index in [2.05, 4.69) is 5.43 Å². The molecule has 1 aliphatic heterocycles. The first-order valence-corrected chi connectivity index (χ1v) is 8.36. The quantitative estimate of drug-likeness (QED) is 0.913. The van der Waals surface area contributed by atoms with Crippen molar-refractivity contribution in [3.8, 4) is 0 Å². The summed E-state index contributed by atoms with van der Waals surface area (Å²) in [5, 5.41) is 13.4. The number of hydrazine groups is 1. The summed E-state index contributed by atoms with van der Waals surface area (Å²) in [7, 11) is 0. The molecule has 1 aliphatic rings. The monoisotopic (exact) mass is 313 g/mol. The molecule has 0 amide bonds. The third kappa shape index (κ3) is 2.58. The molecule has 2 N–H and O–H groups in total. The molecule has 2 aromatic rings. The van der Waals surface area contributed by atoms with E-state index < -0.39 is 11.8 Å². The lowest BCUT2D eigenvalue weighted by Gasteiger charge is -2.32. The Kier molecular flexibility index (Phi) is 4.09. The summed E-state index contributed by atoms with van der Waals surface area (Å²) >= 11 is 1.51. The van der Waals surface area contributed by atoms with Crippen LogP contribution in [0.2, 0.25) is 0 Å².